The summed E-state index contributed by atoms with van der Waals surface area (Å²) in [4.78, 5) is 0. The molecule has 0 bridgehead atoms. The van der Waals surface area contributed by atoms with Gasteiger partial charge in [-0.1, -0.05) is 41.5 Å². The molecule has 0 fully saturated rings. The minimum absolute atomic E-state index is 0.273. The molecular weight excluding hydrogens is 139 g/mol. The molecule has 60 valence electrons. The van der Waals surface area contributed by atoms with E-state index in [9.17, 15) is 0 Å². The van der Waals surface area contributed by atoms with Gasteiger partial charge in [-0.25, -0.2) is 0 Å². The Kier molecular flexibility index (Phi) is 2.70. The predicted molar refractivity (Wildman–Crippen MR) is 52.2 cm³/mol. The highest BCUT2D eigenvalue weighted by atomic mass is 31.0. The summed E-state index contributed by atoms with van der Waals surface area (Å²) in [5.74, 6) is 0. The highest BCUT2D eigenvalue weighted by Crippen LogP contribution is 2.30. The maximum atomic E-state index is 3.69. The molecule has 0 saturated heterocycles. The number of hydrogen-bond acceptors (Lipinski definition) is 0. The summed E-state index contributed by atoms with van der Waals surface area (Å²) in [7, 11) is 3.69. The average molecular weight is 158 g/mol. The van der Waals surface area contributed by atoms with E-state index in [0.717, 1.165) is 0 Å². The van der Waals surface area contributed by atoms with Crippen LogP contribution in [0.25, 0.3) is 0 Å². The van der Waals surface area contributed by atoms with Crippen molar-refractivity contribution >= 4 is 14.2 Å². The summed E-state index contributed by atoms with van der Waals surface area (Å²) in [6.07, 6.45) is 0. The van der Waals surface area contributed by atoms with Gasteiger partial charge in [-0.05, 0) is 16.1 Å². The van der Waals surface area contributed by atoms with Crippen molar-refractivity contribution in [3.63, 3.8) is 0 Å². The van der Waals surface area contributed by atoms with E-state index in [1.165, 1.54) is 5.29 Å². The third-order valence-corrected chi connectivity index (χ3v) is 3.00. The van der Waals surface area contributed by atoms with Crippen molar-refractivity contribution in [1.29, 1.82) is 0 Å². The SMILES string of the molecule is CC(C)(C)C(=P)C(C)(C)C. The first kappa shape index (κ1) is 10.2. The molecule has 0 amide bonds. The Morgan fingerprint density at radius 1 is 0.800 bits per heavy atom. The van der Waals surface area contributed by atoms with Crippen LogP contribution >= 0.6 is 8.86 Å². The van der Waals surface area contributed by atoms with Crippen LogP contribution in [-0.2, 0) is 0 Å². The molecule has 0 aromatic carbocycles. The fraction of sp³-hybridized carbons (Fsp3) is 0.889. The van der Waals surface area contributed by atoms with Gasteiger partial charge in [-0.15, -0.1) is 8.86 Å². The van der Waals surface area contributed by atoms with Gasteiger partial charge in [-0.3, -0.25) is 0 Å². The molecule has 0 spiro atoms. The standard InChI is InChI=1S/C9H19P/c1-8(2,3)7(10)9(4,5)6/h10H,1-6H3. The molecule has 0 unspecified atom stereocenters. The summed E-state index contributed by atoms with van der Waals surface area (Å²) in [5, 5.41) is 1.38. The molecule has 1 heteroatoms. The maximum Gasteiger partial charge on any atom is -0.0127 e. The fourth-order valence-electron chi connectivity index (χ4n) is 1.12. The van der Waals surface area contributed by atoms with Gasteiger partial charge in [0.05, 0.1) is 0 Å². The van der Waals surface area contributed by atoms with Crippen LogP contribution in [0.2, 0.25) is 0 Å². The van der Waals surface area contributed by atoms with E-state index in [1.807, 2.05) is 0 Å². The summed E-state index contributed by atoms with van der Waals surface area (Å²) >= 11 is 0. The first-order chi connectivity index (χ1) is 4.15. The van der Waals surface area contributed by atoms with Crippen molar-refractivity contribution in [1.82, 2.24) is 0 Å². The molecule has 0 rings (SSSR count). The minimum atomic E-state index is 0.273. The van der Waals surface area contributed by atoms with Crippen LogP contribution in [0.1, 0.15) is 41.5 Å². The summed E-state index contributed by atoms with van der Waals surface area (Å²) in [6.45, 7) is 13.3. The molecule has 10 heavy (non-hydrogen) atoms. The van der Waals surface area contributed by atoms with Crippen molar-refractivity contribution in [2.24, 2.45) is 10.8 Å². The van der Waals surface area contributed by atoms with Crippen molar-refractivity contribution < 1.29 is 0 Å². The summed E-state index contributed by atoms with van der Waals surface area (Å²) in [6, 6.07) is 0. The van der Waals surface area contributed by atoms with Crippen LogP contribution in [0.3, 0.4) is 0 Å². The topological polar surface area (TPSA) is 0 Å². The lowest BCUT2D eigenvalue weighted by molar-refractivity contribution is 0.493. The Hall–Kier alpha value is 0.170. The lowest BCUT2D eigenvalue weighted by atomic mass is 9.77. The van der Waals surface area contributed by atoms with Crippen LogP contribution in [0, 0.1) is 10.8 Å². The average Bonchev–Trinajstić information content (AvgIpc) is 1.59. The number of rotatable bonds is 0. The molecule has 0 radical (unpaired) electrons. The van der Waals surface area contributed by atoms with E-state index in [-0.39, 0.29) is 10.8 Å². The van der Waals surface area contributed by atoms with Crippen molar-refractivity contribution in [2.45, 2.75) is 41.5 Å². The fourth-order valence-corrected chi connectivity index (χ4v) is 1.12. The monoisotopic (exact) mass is 158 g/mol. The normalized spacial score (nSPS) is 13.4. The highest BCUT2D eigenvalue weighted by molar-refractivity contribution is 7.21. The third kappa shape index (κ3) is 2.84. The maximum absolute atomic E-state index is 3.69. The molecule has 0 aliphatic heterocycles. The second-order valence-electron chi connectivity index (χ2n) is 4.88. The van der Waals surface area contributed by atoms with Gasteiger partial charge < -0.3 is 0 Å². The van der Waals surface area contributed by atoms with E-state index in [0.29, 0.717) is 0 Å². The zero-order chi connectivity index (χ0) is 8.58. The van der Waals surface area contributed by atoms with E-state index < -0.39 is 0 Å². The van der Waals surface area contributed by atoms with Crippen molar-refractivity contribution in [3.05, 3.63) is 0 Å². The first-order valence-electron chi connectivity index (χ1n) is 3.75. The molecule has 0 saturated carbocycles. The minimum Gasteiger partial charge on any atom is -0.122 e. The molecule has 0 aliphatic rings. The molecule has 0 heterocycles. The molecule has 0 N–H and O–H groups in total. The molecule has 0 aromatic heterocycles. The summed E-state index contributed by atoms with van der Waals surface area (Å²) in [5.41, 5.74) is 0.546. The molecule has 0 aliphatic carbocycles. The molecule has 0 nitrogen and oxygen atoms in total. The highest BCUT2D eigenvalue weighted by Gasteiger charge is 2.26. The third-order valence-electron chi connectivity index (χ3n) is 1.50. The lowest BCUT2D eigenvalue weighted by Crippen LogP contribution is -2.30. The van der Waals surface area contributed by atoms with Crippen LogP contribution in [-0.4, -0.2) is 5.29 Å². The second kappa shape index (κ2) is 2.66. The Morgan fingerprint density at radius 2 is 1.00 bits per heavy atom. The second-order valence-corrected chi connectivity index (χ2v) is 5.38. The molecule has 0 aromatic rings. The van der Waals surface area contributed by atoms with E-state index in [2.05, 4.69) is 50.4 Å². The Bertz CT molecular complexity index is 116. The Labute approximate surface area is 67.2 Å². The van der Waals surface area contributed by atoms with E-state index >= 15 is 0 Å². The molecular formula is C9H19P. The quantitative estimate of drug-likeness (QED) is 0.474. The van der Waals surface area contributed by atoms with Gasteiger partial charge >= 0.3 is 0 Å². The zero-order valence-corrected chi connectivity index (χ0v) is 9.00. The van der Waals surface area contributed by atoms with Crippen molar-refractivity contribution in [3.8, 4) is 0 Å². The van der Waals surface area contributed by atoms with Crippen molar-refractivity contribution in [2.75, 3.05) is 0 Å². The van der Waals surface area contributed by atoms with Crippen LogP contribution in [0.15, 0.2) is 0 Å². The van der Waals surface area contributed by atoms with Crippen LogP contribution in [0.4, 0.5) is 0 Å². The van der Waals surface area contributed by atoms with E-state index in [4.69, 9.17) is 0 Å². The van der Waals surface area contributed by atoms with Gasteiger partial charge in [0.2, 0.25) is 0 Å². The smallest absolute Gasteiger partial charge is 0.0127 e. The predicted octanol–water partition coefficient (Wildman–Crippen LogP) is 3.39. The zero-order valence-electron chi connectivity index (χ0n) is 8.00. The Morgan fingerprint density at radius 3 is 1.00 bits per heavy atom. The first-order valence-corrected chi connectivity index (χ1v) is 4.25. The van der Waals surface area contributed by atoms with Gasteiger partial charge in [0.15, 0.2) is 0 Å². The van der Waals surface area contributed by atoms with Gasteiger partial charge in [-0.2, -0.15) is 0 Å². The number of hydrogen-bond donors (Lipinski definition) is 0. The largest absolute Gasteiger partial charge is 0.122 e. The van der Waals surface area contributed by atoms with Gasteiger partial charge in [0.1, 0.15) is 0 Å². The van der Waals surface area contributed by atoms with E-state index in [1.54, 1.807) is 0 Å². The Balaban J connectivity index is 4.40. The lowest BCUT2D eigenvalue weighted by Gasteiger charge is -2.31. The summed E-state index contributed by atoms with van der Waals surface area (Å²) < 4.78 is 0. The van der Waals surface area contributed by atoms with Crippen LogP contribution < -0.4 is 0 Å². The molecule has 0 atom stereocenters. The van der Waals surface area contributed by atoms with Crippen LogP contribution in [0.5, 0.6) is 0 Å². The van der Waals surface area contributed by atoms with Gasteiger partial charge in [0.25, 0.3) is 0 Å². The van der Waals surface area contributed by atoms with Gasteiger partial charge in [0, 0.05) is 0 Å².